The molecule has 1 aliphatic carbocycles. The minimum absolute atomic E-state index is 0.114. The Hall–Kier alpha value is -4.50. The maximum Gasteiger partial charge on any atom is 0.203 e. The van der Waals surface area contributed by atoms with Gasteiger partial charge in [-0.05, 0) is 29.8 Å². The molecular weight excluding hydrogens is 831 g/mol. The molecule has 4 rings (SSSR count). The highest BCUT2D eigenvalue weighted by Crippen LogP contribution is 2.47. The summed E-state index contributed by atoms with van der Waals surface area (Å²) in [5, 5.41) is 5.75. The van der Waals surface area contributed by atoms with Gasteiger partial charge in [0, 0.05) is 89.3 Å². The second-order valence-corrected chi connectivity index (χ2v) is 19.6. The van der Waals surface area contributed by atoms with Crippen LogP contribution in [0.5, 0.6) is 11.5 Å². The van der Waals surface area contributed by atoms with E-state index in [2.05, 4.69) is 10.0 Å². The van der Waals surface area contributed by atoms with Crippen molar-refractivity contribution in [3.05, 3.63) is 64.3 Å². The van der Waals surface area contributed by atoms with E-state index in [1.54, 1.807) is 12.1 Å². The van der Waals surface area contributed by atoms with Crippen LogP contribution in [0.25, 0.3) is 43.9 Å². The summed E-state index contributed by atoms with van der Waals surface area (Å²) in [6, 6.07) is 15.3. The highest BCUT2D eigenvalue weighted by molar-refractivity contribution is 7.85. The Morgan fingerprint density at radius 2 is 1.31 bits per heavy atom. The fourth-order valence-corrected chi connectivity index (χ4v) is 7.60. The van der Waals surface area contributed by atoms with Gasteiger partial charge in [-0.1, -0.05) is 5.11 Å². The zero-order valence-electron chi connectivity index (χ0n) is 36.5. The van der Waals surface area contributed by atoms with Crippen molar-refractivity contribution < 1.29 is 58.3 Å². The summed E-state index contributed by atoms with van der Waals surface area (Å²) in [5.41, 5.74) is 13.7. The molecule has 0 unspecified atom stereocenters. The minimum atomic E-state index is -4.27. The fourth-order valence-electron chi connectivity index (χ4n) is 6.63. The highest BCUT2D eigenvalue weighted by Gasteiger charge is 2.24. The molecule has 0 spiro atoms. The maximum atomic E-state index is 11.1. The summed E-state index contributed by atoms with van der Waals surface area (Å²) < 4.78 is 100. The van der Waals surface area contributed by atoms with E-state index < -0.39 is 31.7 Å². The molecule has 0 amide bonds. The van der Waals surface area contributed by atoms with Gasteiger partial charge in [0.25, 0.3) is 0 Å². The first kappa shape index (κ1) is 49.2. The second-order valence-electron chi connectivity index (χ2n) is 16.6. The van der Waals surface area contributed by atoms with E-state index in [4.69, 9.17) is 23.4 Å². The van der Waals surface area contributed by atoms with E-state index in [1.165, 1.54) is 0 Å². The third-order valence-corrected chi connectivity index (χ3v) is 11.8. The normalized spacial score (nSPS) is 12.4. The van der Waals surface area contributed by atoms with Crippen LogP contribution in [0.4, 0.5) is 11.4 Å². The number of nitrogens with zero attached hydrogens (tertiary/aromatic N) is 7. The standard InChI is InChI=1S/C41H60N7O11S2/c1-45(2)31-11-13-33-38(27-31)59-39-28-32(46(3)4)12-14-34(39)41(33)35-29-36(43-44-42)40(58-24-22-56-20-18-48(7,8)16-10-26-61(52,53)54)30-37(35)57-23-21-55-19-17-47(5,6)15-9-25-60(49,50)51/h11-14,27-30H,9-10,15-26H2,1-8H3/q+1. The average Bonchev–Trinajstić information content (AvgIpc) is 3.15. The van der Waals surface area contributed by atoms with Crippen LogP contribution in [0.3, 0.4) is 0 Å². The number of quaternary nitrogens is 2. The highest BCUT2D eigenvalue weighted by atomic mass is 32.2. The maximum absolute atomic E-state index is 11.1. The Morgan fingerprint density at radius 3 is 1.84 bits per heavy atom. The lowest BCUT2D eigenvalue weighted by Crippen LogP contribution is -2.43. The Bertz CT molecular complexity index is 2430. The number of rotatable bonds is 25. The van der Waals surface area contributed by atoms with Crippen LogP contribution in [0.15, 0.2) is 58.1 Å². The lowest BCUT2D eigenvalue weighted by molar-refractivity contribution is -0.890. The Kier molecular flexibility index (Phi) is 17.4. The van der Waals surface area contributed by atoms with Gasteiger partial charge in [0.05, 0.1) is 99.7 Å². The zero-order chi connectivity index (χ0) is 45.0. The van der Waals surface area contributed by atoms with Gasteiger partial charge < -0.3 is 46.3 Å². The first-order chi connectivity index (χ1) is 28.6. The summed E-state index contributed by atoms with van der Waals surface area (Å²) in [6.07, 6.45) is 0.514. The number of likely N-dealkylation sites (N-methyl/N-ethyl adjacent to an activating group) is 2. The largest absolute Gasteiger partial charge is 0.748 e. The molecule has 0 bridgehead atoms. The average molecular weight is 891 g/mol. The SMILES string of the molecule is CN(C)c1ccc2c(-c3cc(N=[N+]=[N-])c(OCCOCC[N+](C)(C)CCCS(=O)(=O)[O-])cc3OCCOCC[N+](C)(C)CCCS(=O)(=O)[O-])c3ccc(=[N+](C)C)cc-3oc2c1. The van der Waals surface area contributed by atoms with E-state index in [0.717, 1.165) is 27.6 Å². The predicted molar refractivity (Wildman–Crippen MR) is 233 cm³/mol. The Balaban J connectivity index is 1.64. The van der Waals surface area contributed by atoms with E-state index in [9.17, 15) is 31.5 Å². The molecule has 0 atom stereocenters. The molecule has 1 aliphatic heterocycles. The van der Waals surface area contributed by atoms with Crippen LogP contribution in [-0.4, -0.2) is 169 Å². The van der Waals surface area contributed by atoms with Gasteiger partial charge >= 0.3 is 0 Å². The van der Waals surface area contributed by atoms with E-state index >= 15 is 0 Å². The van der Waals surface area contributed by atoms with Gasteiger partial charge in [-0.15, -0.1) is 0 Å². The minimum Gasteiger partial charge on any atom is -0.748 e. The monoisotopic (exact) mass is 890 g/mol. The van der Waals surface area contributed by atoms with Crippen molar-refractivity contribution in [2.75, 3.05) is 139 Å². The molecule has 0 aromatic heterocycles. The first-order valence-corrected chi connectivity index (χ1v) is 23.1. The van der Waals surface area contributed by atoms with Gasteiger partial charge in [0.15, 0.2) is 0 Å². The summed E-state index contributed by atoms with van der Waals surface area (Å²) in [6.45, 7) is 3.59. The third-order valence-electron chi connectivity index (χ3n) is 10.2. The molecule has 0 fully saturated rings. The van der Waals surface area contributed by atoms with E-state index in [1.807, 2.05) is 102 Å². The third kappa shape index (κ3) is 15.7. The number of hydrogen-bond donors (Lipinski definition) is 0. The summed E-state index contributed by atoms with van der Waals surface area (Å²) >= 11 is 0. The van der Waals surface area contributed by atoms with Gasteiger partial charge in [-0.25, -0.2) is 21.4 Å². The smallest absolute Gasteiger partial charge is 0.203 e. The number of anilines is 1. The van der Waals surface area contributed by atoms with Crippen LogP contribution in [0.1, 0.15) is 12.8 Å². The van der Waals surface area contributed by atoms with E-state index in [-0.39, 0.29) is 50.7 Å². The molecule has 1 heterocycles. The molecule has 2 aromatic carbocycles. The Morgan fingerprint density at radius 1 is 0.738 bits per heavy atom. The van der Waals surface area contributed by atoms with Crippen molar-refractivity contribution in [2.45, 2.75) is 12.8 Å². The van der Waals surface area contributed by atoms with Crippen LogP contribution in [-0.2, 0) is 29.7 Å². The molecule has 18 nitrogen and oxygen atoms in total. The van der Waals surface area contributed by atoms with E-state index in [0.29, 0.717) is 71.0 Å². The molecule has 0 saturated heterocycles. The van der Waals surface area contributed by atoms with Crippen molar-refractivity contribution in [1.82, 2.24) is 4.58 Å². The van der Waals surface area contributed by atoms with Gasteiger partial charge in [0.2, 0.25) is 5.36 Å². The quantitative estimate of drug-likeness (QED) is 0.0135. The lowest BCUT2D eigenvalue weighted by Gasteiger charge is -2.29. The fraction of sp³-hybridized carbons (Fsp3) is 0.537. The van der Waals surface area contributed by atoms with Crippen LogP contribution >= 0.6 is 0 Å². The number of hydrogen-bond acceptors (Lipinski definition) is 13. The molecule has 0 N–H and O–H groups in total. The van der Waals surface area contributed by atoms with Crippen LogP contribution in [0.2, 0.25) is 0 Å². The number of ether oxygens (including phenoxy) is 4. The Labute approximate surface area is 359 Å². The molecule has 0 radical (unpaired) electrons. The van der Waals surface area contributed by atoms with Gasteiger partial charge in [-0.3, -0.25) is 0 Å². The van der Waals surface area contributed by atoms with Crippen LogP contribution < -0.4 is 24.3 Å². The molecule has 61 heavy (non-hydrogen) atoms. The molecule has 20 heteroatoms. The summed E-state index contributed by atoms with van der Waals surface area (Å²) in [4.78, 5) is 5.09. The summed E-state index contributed by atoms with van der Waals surface area (Å²) in [7, 11) is 7.03. The van der Waals surface area contributed by atoms with Crippen molar-refractivity contribution in [3.8, 4) is 33.9 Å². The van der Waals surface area contributed by atoms with Crippen molar-refractivity contribution in [2.24, 2.45) is 5.11 Å². The number of benzene rings is 3. The predicted octanol–water partition coefficient (Wildman–Crippen LogP) is 4.06. The number of fused-ring (bicyclic) bond motifs is 2. The molecule has 2 aliphatic rings. The molecule has 0 saturated carbocycles. The molecular formula is C41H60N7O11S2+. The molecule has 2 aromatic rings. The van der Waals surface area contributed by atoms with Crippen molar-refractivity contribution in [1.29, 1.82) is 0 Å². The number of azide groups is 1. The first-order valence-electron chi connectivity index (χ1n) is 19.9. The topological polar surface area (TPSA) is 219 Å². The zero-order valence-corrected chi connectivity index (χ0v) is 38.1. The van der Waals surface area contributed by atoms with Crippen molar-refractivity contribution >= 4 is 42.6 Å². The molecule has 336 valence electrons. The van der Waals surface area contributed by atoms with Gasteiger partial charge in [0.1, 0.15) is 63.2 Å². The summed E-state index contributed by atoms with van der Waals surface area (Å²) in [5.74, 6) is 0.529. The lowest BCUT2D eigenvalue weighted by atomic mass is 9.92. The van der Waals surface area contributed by atoms with Crippen molar-refractivity contribution in [3.63, 3.8) is 0 Å². The second kappa shape index (κ2) is 21.5. The van der Waals surface area contributed by atoms with Crippen LogP contribution in [0, 0.1) is 0 Å². The van der Waals surface area contributed by atoms with Gasteiger partial charge in [-0.2, -0.15) is 0 Å².